The highest BCUT2D eigenvalue weighted by molar-refractivity contribution is 9.10. The van der Waals surface area contributed by atoms with E-state index in [1.54, 1.807) is 7.11 Å². The fourth-order valence-corrected chi connectivity index (χ4v) is 2.14. The number of nitrogens with zero attached hydrogens (tertiary/aromatic N) is 1. The summed E-state index contributed by atoms with van der Waals surface area (Å²) in [5.74, 6) is 1.68. The smallest absolute Gasteiger partial charge is 0.166 e. The molecule has 2 rings (SSSR count). The molecule has 0 aromatic heterocycles. The molecule has 1 aliphatic heterocycles. The van der Waals surface area contributed by atoms with Crippen molar-refractivity contribution in [2.75, 3.05) is 27.3 Å². The minimum Gasteiger partial charge on any atom is -0.493 e. The second kappa shape index (κ2) is 4.41. The van der Waals surface area contributed by atoms with Crippen LogP contribution in [0.25, 0.3) is 0 Å². The van der Waals surface area contributed by atoms with Gasteiger partial charge >= 0.3 is 0 Å². The maximum absolute atomic E-state index is 5.73. The predicted molar refractivity (Wildman–Crippen MR) is 62.5 cm³/mol. The Morgan fingerprint density at radius 1 is 1.47 bits per heavy atom. The van der Waals surface area contributed by atoms with Crippen LogP contribution in [0.2, 0.25) is 0 Å². The highest BCUT2D eigenvalue weighted by Crippen LogP contribution is 2.37. The molecule has 3 nitrogen and oxygen atoms in total. The van der Waals surface area contributed by atoms with Gasteiger partial charge in [-0.2, -0.15) is 0 Å². The molecule has 0 atom stereocenters. The first-order valence-electron chi connectivity index (χ1n) is 4.89. The molecule has 0 saturated heterocycles. The molecule has 0 bridgehead atoms. The quantitative estimate of drug-likeness (QED) is 0.783. The highest BCUT2D eigenvalue weighted by atomic mass is 79.9. The third-order valence-electron chi connectivity index (χ3n) is 2.53. The molecule has 0 saturated carbocycles. The lowest BCUT2D eigenvalue weighted by molar-refractivity contribution is 0.252. The largest absolute Gasteiger partial charge is 0.493 e. The average Bonchev–Trinajstić information content (AvgIpc) is 2.41. The van der Waals surface area contributed by atoms with Crippen LogP contribution in [-0.4, -0.2) is 32.2 Å². The van der Waals surface area contributed by atoms with Crippen molar-refractivity contribution in [3.8, 4) is 11.5 Å². The van der Waals surface area contributed by atoms with Gasteiger partial charge < -0.3 is 9.47 Å². The molecule has 1 aromatic carbocycles. The summed E-state index contributed by atoms with van der Waals surface area (Å²) < 4.78 is 12.1. The fraction of sp³-hybridized carbons (Fsp3) is 0.455. The van der Waals surface area contributed by atoms with Crippen LogP contribution in [0.4, 0.5) is 0 Å². The maximum Gasteiger partial charge on any atom is 0.166 e. The lowest BCUT2D eigenvalue weighted by Gasteiger charge is -2.14. The normalized spacial score (nSPS) is 16.5. The molecule has 1 heterocycles. The van der Waals surface area contributed by atoms with Crippen LogP contribution in [0.5, 0.6) is 11.5 Å². The van der Waals surface area contributed by atoms with E-state index in [0.29, 0.717) is 6.61 Å². The van der Waals surface area contributed by atoms with Gasteiger partial charge in [-0.15, -0.1) is 0 Å². The van der Waals surface area contributed by atoms with E-state index in [1.165, 1.54) is 0 Å². The van der Waals surface area contributed by atoms with Gasteiger partial charge in [-0.25, -0.2) is 0 Å². The summed E-state index contributed by atoms with van der Waals surface area (Å²) in [5.41, 5.74) is 1.16. The summed E-state index contributed by atoms with van der Waals surface area (Å²) in [7, 11) is 3.76. The van der Waals surface area contributed by atoms with E-state index in [2.05, 4.69) is 27.9 Å². The van der Waals surface area contributed by atoms with Crippen molar-refractivity contribution in [2.24, 2.45) is 0 Å². The van der Waals surface area contributed by atoms with Gasteiger partial charge in [-0.05, 0) is 19.2 Å². The van der Waals surface area contributed by atoms with E-state index >= 15 is 0 Å². The molecule has 1 aliphatic rings. The van der Waals surface area contributed by atoms with E-state index in [-0.39, 0.29) is 0 Å². The molecule has 1 aromatic rings. The monoisotopic (exact) mass is 271 g/mol. The molecule has 0 N–H and O–H groups in total. The number of hydrogen-bond donors (Lipinski definition) is 0. The van der Waals surface area contributed by atoms with Crippen LogP contribution >= 0.6 is 15.9 Å². The van der Waals surface area contributed by atoms with Gasteiger partial charge in [-0.3, -0.25) is 4.90 Å². The van der Waals surface area contributed by atoms with Crippen LogP contribution < -0.4 is 9.47 Å². The summed E-state index contributed by atoms with van der Waals surface area (Å²) in [5, 5.41) is 0. The number of likely N-dealkylation sites (N-methyl/N-ethyl adjacent to an activating group) is 1. The molecule has 0 fully saturated rings. The summed E-state index contributed by atoms with van der Waals surface area (Å²) in [6.45, 7) is 2.52. The average molecular weight is 272 g/mol. The third kappa shape index (κ3) is 2.11. The molecule has 4 heteroatoms. The Morgan fingerprint density at radius 3 is 3.00 bits per heavy atom. The summed E-state index contributed by atoms with van der Waals surface area (Å²) in [4.78, 5) is 2.23. The van der Waals surface area contributed by atoms with Crippen molar-refractivity contribution in [1.82, 2.24) is 4.90 Å². The minimum atomic E-state index is 0.705. The Hall–Kier alpha value is -0.740. The van der Waals surface area contributed by atoms with Gasteiger partial charge in [0.2, 0.25) is 0 Å². The fourth-order valence-electron chi connectivity index (χ4n) is 1.70. The van der Waals surface area contributed by atoms with Crippen molar-refractivity contribution >= 4 is 15.9 Å². The molecule has 0 spiro atoms. The number of hydrogen-bond acceptors (Lipinski definition) is 3. The predicted octanol–water partition coefficient (Wildman–Crippen LogP) is 2.28. The number of ether oxygens (including phenoxy) is 2. The Kier molecular flexibility index (Phi) is 3.17. The van der Waals surface area contributed by atoms with Gasteiger partial charge in [0, 0.05) is 23.1 Å². The molecular weight excluding hydrogens is 258 g/mol. The zero-order valence-electron chi connectivity index (χ0n) is 8.92. The van der Waals surface area contributed by atoms with Crippen molar-refractivity contribution in [3.05, 3.63) is 22.2 Å². The van der Waals surface area contributed by atoms with Gasteiger partial charge in [0.1, 0.15) is 6.61 Å². The van der Waals surface area contributed by atoms with Gasteiger partial charge in [0.05, 0.1) is 7.11 Å². The van der Waals surface area contributed by atoms with Gasteiger partial charge in [0.15, 0.2) is 11.5 Å². The number of benzene rings is 1. The number of methoxy groups -OCH3 is 1. The second-order valence-corrected chi connectivity index (χ2v) is 4.50. The summed E-state index contributed by atoms with van der Waals surface area (Å²) in [6, 6.07) is 3.93. The molecule has 0 amide bonds. The second-order valence-electron chi connectivity index (χ2n) is 3.64. The van der Waals surface area contributed by atoms with E-state index < -0.39 is 0 Å². The molecule has 15 heavy (non-hydrogen) atoms. The lowest BCUT2D eigenvalue weighted by Crippen LogP contribution is -2.20. The Bertz CT molecular complexity index is 368. The number of rotatable bonds is 1. The van der Waals surface area contributed by atoms with Crippen molar-refractivity contribution in [1.29, 1.82) is 0 Å². The van der Waals surface area contributed by atoms with Crippen LogP contribution in [-0.2, 0) is 6.54 Å². The zero-order valence-corrected chi connectivity index (χ0v) is 10.5. The SMILES string of the molecule is COc1ccc(Br)c2c1OCCN(C)C2. The van der Waals surface area contributed by atoms with Crippen LogP contribution in [0.1, 0.15) is 5.56 Å². The number of halogens is 1. The molecule has 0 radical (unpaired) electrons. The third-order valence-corrected chi connectivity index (χ3v) is 3.28. The van der Waals surface area contributed by atoms with E-state index in [9.17, 15) is 0 Å². The first-order valence-corrected chi connectivity index (χ1v) is 5.68. The lowest BCUT2D eigenvalue weighted by atomic mass is 10.2. The Labute approximate surface area is 98.1 Å². The van der Waals surface area contributed by atoms with Crippen molar-refractivity contribution in [2.45, 2.75) is 6.54 Å². The molecule has 82 valence electrons. The summed E-state index contributed by atoms with van der Waals surface area (Å²) >= 11 is 3.55. The standard InChI is InChI=1S/C11H14BrNO2/c1-13-5-6-15-11-8(7-13)9(12)3-4-10(11)14-2/h3-4H,5-7H2,1-2H3. The Balaban J connectivity index is 2.48. The van der Waals surface area contributed by atoms with E-state index in [1.807, 2.05) is 12.1 Å². The highest BCUT2D eigenvalue weighted by Gasteiger charge is 2.19. The number of fused-ring (bicyclic) bond motifs is 1. The van der Waals surface area contributed by atoms with E-state index in [4.69, 9.17) is 9.47 Å². The van der Waals surface area contributed by atoms with Crippen LogP contribution in [0, 0.1) is 0 Å². The summed E-state index contributed by atoms with van der Waals surface area (Å²) in [6.07, 6.45) is 0. The minimum absolute atomic E-state index is 0.705. The Morgan fingerprint density at radius 2 is 2.27 bits per heavy atom. The first kappa shape index (κ1) is 10.8. The topological polar surface area (TPSA) is 21.7 Å². The molecular formula is C11H14BrNO2. The zero-order chi connectivity index (χ0) is 10.8. The van der Waals surface area contributed by atoms with Gasteiger partial charge in [-0.1, -0.05) is 15.9 Å². The molecule has 0 unspecified atom stereocenters. The first-order chi connectivity index (χ1) is 7.22. The van der Waals surface area contributed by atoms with Crippen LogP contribution in [0.15, 0.2) is 16.6 Å². The maximum atomic E-state index is 5.73. The van der Waals surface area contributed by atoms with E-state index in [0.717, 1.165) is 34.6 Å². The van der Waals surface area contributed by atoms with Crippen molar-refractivity contribution in [3.63, 3.8) is 0 Å². The molecule has 0 aliphatic carbocycles. The van der Waals surface area contributed by atoms with Crippen LogP contribution in [0.3, 0.4) is 0 Å². The van der Waals surface area contributed by atoms with Gasteiger partial charge in [0.25, 0.3) is 0 Å². The van der Waals surface area contributed by atoms with Crippen molar-refractivity contribution < 1.29 is 9.47 Å².